The quantitative estimate of drug-likeness (QED) is 0.746. The van der Waals surface area contributed by atoms with E-state index < -0.39 is 9.84 Å². The van der Waals surface area contributed by atoms with Crippen LogP contribution in [0.5, 0.6) is 0 Å². The summed E-state index contributed by atoms with van der Waals surface area (Å²) in [6, 6.07) is 0.189. The van der Waals surface area contributed by atoms with E-state index in [1.54, 1.807) is 0 Å². The Morgan fingerprint density at radius 3 is 2.46 bits per heavy atom. The highest BCUT2D eigenvalue weighted by atomic mass is 32.2. The maximum absolute atomic E-state index is 11.4. The van der Waals surface area contributed by atoms with E-state index in [-0.39, 0.29) is 11.3 Å². The van der Waals surface area contributed by atoms with E-state index >= 15 is 0 Å². The third-order valence-electron chi connectivity index (χ3n) is 2.72. The molecule has 1 aliphatic rings. The van der Waals surface area contributed by atoms with E-state index in [0.29, 0.717) is 0 Å². The normalized spacial score (nSPS) is 30.3. The molecule has 0 saturated heterocycles. The van der Waals surface area contributed by atoms with Crippen molar-refractivity contribution in [3.63, 3.8) is 0 Å². The highest BCUT2D eigenvalue weighted by Crippen LogP contribution is 2.23. The average Bonchev–Trinajstić information content (AvgIpc) is 2.04. The second-order valence-electron chi connectivity index (χ2n) is 3.82. The minimum atomic E-state index is -2.86. The van der Waals surface area contributed by atoms with Gasteiger partial charge in [0.15, 0.2) is 9.84 Å². The number of hydrogen-bond acceptors (Lipinski definition) is 3. The number of hydrogen-bond donors (Lipinski definition) is 1. The second-order valence-corrected chi connectivity index (χ2v) is 6.08. The molecule has 0 aromatic carbocycles. The molecule has 0 heterocycles. The Bertz CT molecular complexity index is 246. The Balaban J connectivity index is 2.67. The maximum Gasteiger partial charge on any atom is 0.151 e. The van der Waals surface area contributed by atoms with Crippen LogP contribution in [0.25, 0.3) is 0 Å². The summed E-state index contributed by atoms with van der Waals surface area (Å²) in [7, 11) is -2.86. The zero-order chi connectivity index (χ0) is 9.90. The van der Waals surface area contributed by atoms with Crippen LogP contribution in [0.3, 0.4) is 0 Å². The lowest BCUT2D eigenvalue weighted by atomic mass is 9.95. The summed E-state index contributed by atoms with van der Waals surface area (Å²) in [5.74, 6) is 0. The SMILES string of the molecule is CCNC1CCCCC1S(C)(=O)=O. The van der Waals surface area contributed by atoms with Gasteiger partial charge in [0.2, 0.25) is 0 Å². The first kappa shape index (κ1) is 11.0. The molecular formula is C9H19NO2S. The fourth-order valence-electron chi connectivity index (χ4n) is 2.11. The molecule has 0 aromatic heterocycles. The summed E-state index contributed by atoms with van der Waals surface area (Å²) in [6.07, 6.45) is 5.40. The van der Waals surface area contributed by atoms with Gasteiger partial charge in [0.25, 0.3) is 0 Å². The van der Waals surface area contributed by atoms with Gasteiger partial charge in [0, 0.05) is 12.3 Å². The first-order chi connectivity index (χ1) is 6.05. The van der Waals surface area contributed by atoms with Crippen molar-refractivity contribution in [2.24, 2.45) is 0 Å². The Morgan fingerprint density at radius 1 is 1.31 bits per heavy atom. The third-order valence-corrected chi connectivity index (χ3v) is 4.38. The van der Waals surface area contributed by atoms with Crippen molar-refractivity contribution >= 4 is 9.84 Å². The summed E-state index contributed by atoms with van der Waals surface area (Å²) in [4.78, 5) is 0. The molecular weight excluding hydrogens is 186 g/mol. The molecule has 13 heavy (non-hydrogen) atoms. The Kier molecular flexibility index (Phi) is 3.74. The van der Waals surface area contributed by atoms with Gasteiger partial charge in [-0.1, -0.05) is 19.8 Å². The molecule has 2 unspecified atom stereocenters. The molecule has 1 fully saturated rings. The van der Waals surface area contributed by atoms with E-state index in [9.17, 15) is 8.42 Å². The van der Waals surface area contributed by atoms with Gasteiger partial charge in [-0.15, -0.1) is 0 Å². The van der Waals surface area contributed by atoms with Gasteiger partial charge in [-0.25, -0.2) is 8.42 Å². The largest absolute Gasteiger partial charge is 0.313 e. The van der Waals surface area contributed by atoms with Crippen LogP contribution in [0.2, 0.25) is 0 Å². The van der Waals surface area contributed by atoms with Crippen molar-refractivity contribution in [2.45, 2.75) is 43.9 Å². The maximum atomic E-state index is 11.4. The molecule has 0 spiro atoms. The van der Waals surface area contributed by atoms with Crippen LogP contribution in [-0.2, 0) is 9.84 Å². The topological polar surface area (TPSA) is 46.2 Å². The average molecular weight is 205 g/mol. The monoisotopic (exact) mass is 205 g/mol. The fraction of sp³-hybridized carbons (Fsp3) is 1.00. The molecule has 3 nitrogen and oxygen atoms in total. The van der Waals surface area contributed by atoms with Crippen LogP contribution in [0.1, 0.15) is 32.6 Å². The zero-order valence-electron chi connectivity index (χ0n) is 8.41. The van der Waals surface area contributed by atoms with Crippen LogP contribution in [-0.4, -0.2) is 32.5 Å². The minimum absolute atomic E-state index is 0.152. The van der Waals surface area contributed by atoms with Crippen LogP contribution in [0.15, 0.2) is 0 Å². The molecule has 0 bridgehead atoms. The summed E-state index contributed by atoms with van der Waals surface area (Å²) >= 11 is 0. The highest BCUT2D eigenvalue weighted by molar-refractivity contribution is 7.91. The molecule has 4 heteroatoms. The van der Waals surface area contributed by atoms with Crippen molar-refractivity contribution in [3.8, 4) is 0 Å². The smallest absolute Gasteiger partial charge is 0.151 e. The predicted molar refractivity (Wildman–Crippen MR) is 54.6 cm³/mol. The van der Waals surface area contributed by atoms with E-state index in [0.717, 1.165) is 32.2 Å². The first-order valence-electron chi connectivity index (χ1n) is 4.98. The lowest BCUT2D eigenvalue weighted by Crippen LogP contribution is -2.45. The van der Waals surface area contributed by atoms with Gasteiger partial charge in [0.1, 0.15) is 0 Å². The molecule has 0 amide bonds. The third kappa shape index (κ3) is 2.95. The van der Waals surface area contributed by atoms with Crippen molar-refractivity contribution in [2.75, 3.05) is 12.8 Å². The van der Waals surface area contributed by atoms with E-state index in [2.05, 4.69) is 5.32 Å². The van der Waals surface area contributed by atoms with E-state index in [1.165, 1.54) is 6.26 Å². The first-order valence-corrected chi connectivity index (χ1v) is 6.93. The molecule has 1 aliphatic carbocycles. The number of nitrogens with one attached hydrogen (secondary N) is 1. The molecule has 1 saturated carbocycles. The van der Waals surface area contributed by atoms with Gasteiger partial charge in [-0.3, -0.25) is 0 Å². The van der Waals surface area contributed by atoms with Crippen LogP contribution >= 0.6 is 0 Å². The van der Waals surface area contributed by atoms with Crippen LogP contribution in [0.4, 0.5) is 0 Å². The number of rotatable bonds is 3. The summed E-state index contributed by atoms with van der Waals surface area (Å²) < 4.78 is 22.9. The molecule has 78 valence electrons. The number of sulfone groups is 1. The molecule has 0 aromatic rings. The van der Waals surface area contributed by atoms with Gasteiger partial charge in [-0.05, 0) is 19.4 Å². The molecule has 1 rings (SSSR count). The Hall–Kier alpha value is -0.0900. The Morgan fingerprint density at radius 2 is 1.92 bits per heavy atom. The lowest BCUT2D eigenvalue weighted by molar-refractivity contribution is 0.378. The van der Waals surface area contributed by atoms with Gasteiger partial charge in [-0.2, -0.15) is 0 Å². The highest BCUT2D eigenvalue weighted by Gasteiger charge is 2.31. The minimum Gasteiger partial charge on any atom is -0.313 e. The summed E-state index contributed by atoms with van der Waals surface area (Å²) in [5.41, 5.74) is 0. The second kappa shape index (κ2) is 4.42. The summed E-state index contributed by atoms with van der Waals surface area (Å²) in [6.45, 7) is 2.88. The zero-order valence-corrected chi connectivity index (χ0v) is 9.23. The predicted octanol–water partition coefficient (Wildman–Crippen LogP) is 0.952. The van der Waals surface area contributed by atoms with Crippen molar-refractivity contribution in [3.05, 3.63) is 0 Å². The van der Waals surface area contributed by atoms with Gasteiger partial charge >= 0.3 is 0 Å². The van der Waals surface area contributed by atoms with Gasteiger partial charge < -0.3 is 5.32 Å². The molecule has 0 radical (unpaired) electrons. The molecule has 2 atom stereocenters. The molecule has 1 N–H and O–H groups in total. The lowest BCUT2D eigenvalue weighted by Gasteiger charge is -2.30. The standard InChI is InChI=1S/C9H19NO2S/c1-3-10-8-6-4-5-7-9(8)13(2,11)12/h8-10H,3-7H2,1-2H3. The Labute approximate surface area is 80.8 Å². The van der Waals surface area contributed by atoms with Crippen molar-refractivity contribution in [1.82, 2.24) is 5.32 Å². The van der Waals surface area contributed by atoms with E-state index in [1.807, 2.05) is 6.92 Å². The fourth-order valence-corrected chi connectivity index (χ4v) is 3.53. The van der Waals surface area contributed by atoms with Crippen LogP contribution in [0, 0.1) is 0 Å². The summed E-state index contributed by atoms with van der Waals surface area (Å²) in [5, 5.41) is 3.11. The van der Waals surface area contributed by atoms with Crippen LogP contribution < -0.4 is 5.32 Å². The van der Waals surface area contributed by atoms with Crippen molar-refractivity contribution in [1.29, 1.82) is 0 Å². The van der Waals surface area contributed by atoms with E-state index in [4.69, 9.17) is 0 Å². The van der Waals surface area contributed by atoms with Gasteiger partial charge in [0.05, 0.1) is 5.25 Å². The van der Waals surface area contributed by atoms with Crippen molar-refractivity contribution < 1.29 is 8.42 Å². The molecule has 0 aliphatic heterocycles.